The van der Waals surface area contributed by atoms with Crippen LogP contribution in [0.2, 0.25) is 5.02 Å². The first-order valence-corrected chi connectivity index (χ1v) is 10.8. The number of nitrogens with two attached hydrogens (primary N) is 1. The highest BCUT2D eigenvalue weighted by molar-refractivity contribution is 7.89. The molecule has 0 atom stereocenters. The van der Waals surface area contributed by atoms with Gasteiger partial charge in [0.1, 0.15) is 5.82 Å². The third kappa shape index (κ3) is 4.27. The molecule has 0 amide bonds. The summed E-state index contributed by atoms with van der Waals surface area (Å²) in [5, 5.41) is 9.20. The summed E-state index contributed by atoms with van der Waals surface area (Å²) in [6, 6.07) is 18.1. The van der Waals surface area contributed by atoms with Crippen molar-refractivity contribution in [3.63, 3.8) is 0 Å². The van der Waals surface area contributed by atoms with Crippen molar-refractivity contribution in [2.24, 2.45) is 5.14 Å². The molecule has 0 unspecified atom stereocenters. The number of primary sulfonamides is 1. The molecule has 0 bridgehead atoms. The van der Waals surface area contributed by atoms with Gasteiger partial charge in [-0.2, -0.15) is 0 Å². The zero-order chi connectivity index (χ0) is 20.6. The van der Waals surface area contributed by atoms with Crippen LogP contribution >= 0.6 is 11.6 Å². The van der Waals surface area contributed by atoms with Gasteiger partial charge in [-0.05, 0) is 48.9 Å². The summed E-state index contributed by atoms with van der Waals surface area (Å²) in [5.41, 5.74) is 4.46. The van der Waals surface area contributed by atoms with Crippen LogP contribution in [0.1, 0.15) is 11.1 Å². The van der Waals surface area contributed by atoms with Gasteiger partial charge in [0.05, 0.1) is 23.0 Å². The van der Waals surface area contributed by atoms with Crippen molar-refractivity contribution >= 4 is 33.1 Å². The summed E-state index contributed by atoms with van der Waals surface area (Å²) in [7, 11) is -3.76. The zero-order valence-electron chi connectivity index (χ0n) is 15.6. The van der Waals surface area contributed by atoms with E-state index in [4.69, 9.17) is 21.7 Å². The van der Waals surface area contributed by atoms with E-state index >= 15 is 0 Å². The predicted octanol–water partition coefficient (Wildman–Crippen LogP) is 3.72. The number of nitrogens with zero attached hydrogens (tertiary/aromatic N) is 2. The molecule has 1 aliphatic rings. The standard InChI is InChI=1S/C21H19ClN4O2S/c1-14-9-19(15-5-7-17(22)8-6-15)25-21(10-14)26-12-20(24-13-26)16-3-2-4-18(11-16)29(23,27)28/h2-12,24H,13H2,1H3,(H2,23,27,28). The van der Waals surface area contributed by atoms with Crippen LogP contribution in [-0.4, -0.2) is 20.1 Å². The lowest BCUT2D eigenvalue weighted by Gasteiger charge is -2.15. The second kappa shape index (κ2) is 7.51. The van der Waals surface area contributed by atoms with Gasteiger partial charge < -0.3 is 10.2 Å². The lowest BCUT2D eigenvalue weighted by atomic mass is 10.1. The smallest absolute Gasteiger partial charge is 0.238 e. The third-order valence-corrected chi connectivity index (χ3v) is 5.75. The van der Waals surface area contributed by atoms with Crippen LogP contribution < -0.4 is 15.4 Å². The van der Waals surface area contributed by atoms with Crippen molar-refractivity contribution in [2.75, 3.05) is 11.6 Å². The summed E-state index contributed by atoms with van der Waals surface area (Å²) in [6.45, 7) is 2.54. The maximum atomic E-state index is 11.6. The molecule has 0 fully saturated rings. The van der Waals surface area contributed by atoms with Gasteiger partial charge in [0.15, 0.2) is 0 Å². The molecule has 0 radical (unpaired) electrons. The van der Waals surface area contributed by atoms with Crippen molar-refractivity contribution in [3.05, 3.63) is 83.0 Å². The van der Waals surface area contributed by atoms with Crippen molar-refractivity contribution in [1.29, 1.82) is 0 Å². The summed E-state index contributed by atoms with van der Waals surface area (Å²) < 4.78 is 23.3. The molecule has 0 saturated heterocycles. The average Bonchev–Trinajstić information content (AvgIpc) is 3.18. The molecule has 148 valence electrons. The average molecular weight is 427 g/mol. The number of hydrogen-bond donors (Lipinski definition) is 2. The Morgan fingerprint density at radius 2 is 1.83 bits per heavy atom. The first-order valence-electron chi connectivity index (χ1n) is 8.90. The summed E-state index contributed by atoms with van der Waals surface area (Å²) >= 11 is 5.99. The fourth-order valence-electron chi connectivity index (χ4n) is 3.15. The van der Waals surface area contributed by atoms with E-state index in [0.29, 0.717) is 11.7 Å². The molecule has 0 aliphatic carbocycles. The number of aromatic nitrogens is 1. The Bertz CT molecular complexity index is 1210. The molecule has 0 spiro atoms. The lowest BCUT2D eigenvalue weighted by molar-refractivity contribution is 0.598. The first kappa shape index (κ1) is 19.4. The Morgan fingerprint density at radius 1 is 1.07 bits per heavy atom. The molecule has 0 saturated carbocycles. The molecule has 8 heteroatoms. The Labute approximate surface area is 174 Å². The quantitative estimate of drug-likeness (QED) is 0.663. The Balaban J connectivity index is 1.67. The number of pyridine rings is 1. The Hall–Kier alpha value is -2.87. The number of anilines is 1. The Kier molecular flexibility index (Phi) is 5.04. The second-order valence-corrected chi connectivity index (χ2v) is 8.81. The van der Waals surface area contributed by atoms with Gasteiger partial charge in [-0.25, -0.2) is 18.5 Å². The topological polar surface area (TPSA) is 88.3 Å². The van der Waals surface area contributed by atoms with Crippen molar-refractivity contribution in [3.8, 4) is 11.3 Å². The molecule has 1 aliphatic heterocycles. The van der Waals surface area contributed by atoms with Crippen molar-refractivity contribution in [1.82, 2.24) is 10.3 Å². The molecular weight excluding hydrogens is 408 g/mol. The molecule has 1 aromatic heterocycles. The summed E-state index contributed by atoms with van der Waals surface area (Å²) in [4.78, 5) is 6.84. The SMILES string of the molecule is Cc1cc(-c2ccc(Cl)cc2)nc(N2C=C(c3cccc(S(N)(=O)=O)c3)NC2)c1. The van der Waals surface area contributed by atoms with Crippen LogP contribution in [0.25, 0.3) is 17.0 Å². The van der Waals surface area contributed by atoms with Gasteiger partial charge in [-0.3, -0.25) is 0 Å². The third-order valence-electron chi connectivity index (χ3n) is 4.59. The maximum absolute atomic E-state index is 11.6. The minimum Gasteiger partial charge on any atom is -0.366 e. The van der Waals surface area contributed by atoms with Crippen LogP contribution in [0.15, 0.2) is 71.8 Å². The first-order chi connectivity index (χ1) is 13.8. The van der Waals surface area contributed by atoms with Crippen molar-refractivity contribution in [2.45, 2.75) is 11.8 Å². The van der Waals surface area contributed by atoms with E-state index in [9.17, 15) is 8.42 Å². The number of rotatable bonds is 4. The fourth-order valence-corrected chi connectivity index (χ4v) is 3.83. The van der Waals surface area contributed by atoms with Gasteiger partial charge in [0, 0.05) is 22.3 Å². The molecular formula is C21H19ClN4O2S. The number of nitrogens with one attached hydrogen (secondary N) is 1. The number of sulfonamides is 1. The van der Waals surface area contributed by atoms with Crippen LogP contribution in [0, 0.1) is 6.92 Å². The number of aryl methyl sites for hydroxylation is 1. The summed E-state index contributed by atoms with van der Waals surface area (Å²) in [5.74, 6) is 0.792. The molecule has 6 nitrogen and oxygen atoms in total. The van der Waals surface area contributed by atoms with E-state index in [1.54, 1.807) is 12.1 Å². The van der Waals surface area contributed by atoms with Crippen molar-refractivity contribution < 1.29 is 8.42 Å². The maximum Gasteiger partial charge on any atom is 0.238 e. The van der Waals surface area contributed by atoms with Gasteiger partial charge in [-0.1, -0.05) is 35.9 Å². The van der Waals surface area contributed by atoms with Crippen LogP contribution in [0.4, 0.5) is 5.82 Å². The highest BCUT2D eigenvalue weighted by atomic mass is 35.5. The van der Waals surface area contributed by atoms with E-state index in [2.05, 4.69) is 5.32 Å². The van der Waals surface area contributed by atoms with Gasteiger partial charge in [0.2, 0.25) is 10.0 Å². The highest BCUT2D eigenvalue weighted by Crippen LogP contribution is 2.27. The lowest BCUT2D eigenvalue weighted by Crippen LogP contribution is -2.21. The summed E-state index contributed by atoms with van der Waals surface area (Å²) in [6.07, 6.45) is 1.91. The minimum absolute atomic E-state index is 0.0786. The highest BCUT2D eigenvalue weighted by Gasteiger charge is 2.18. The zero-order valence-corrected chi connectivity index (χ0v) is 17.2. The normalized spacial score (nSPS) is 13.9. The largest absolute Gasteiger partial charge is 0.366 e. The van der Waals surface area contributed by atoms with E-state index in [-0.39, 0.29) is 4.90 Å². The minimum atomic E-state index is -3.76. The van der Waals surface area contributed by atoms with Gasteiger partial charge in [0.25, 0.3) is 0 Å². The molecule has 3 N–H and O–H groups in total. The predicted molar refractivity (Wildman–Crippen MR) is 116 cm³/mol. The Morgan fingerprint density at radius 3 is 2.55 bits per heavy atom. The molecule has 2 heterocycles. The van der Waals surface area contributed by atoms with Crippen LogP contribution in [-0.2, 0) is 10.0 Å². The monoisotopic (exact) mass is 426 g/mol. The number of hydrogen-bond acceptors (Lipinski definition) is 5. The second-order valence-electron chi connectivity index (χ2n) is 6.82. The molecule has 29 heavy (non-hydrogen) atoms. The van der Waals surface area contributed by atoms with Gasteiger partial charge >= 0.3 is 0 Å². The fraction of sp³-hybridized carbons (Fsp3) is 0.0952. The van der Waals surface area contributed by atoms with Crippen LogP contribution in [0.5, 0.6) is 0 Å². The van der Waals surface area contributed by atoms with E-state index in [0.717, 1.165) is 33.9 Å². The van der Waals surface area contributed by atoms with Crippen LogP contribution in [0.3, 0.4) is 0 Å². The van der Waals surface area contributed by atoms with E-state index in [1.807, 2.05) is 60.5 Å². The molecule has 2 aromatic carbocycles. The number of halogens is 1. The number of benzene rings is 2. The van der Waals surface area contributed by atoms with Gasteiger partial charge in [-0.15, -0.1) is 0 Å². The molecule has 4 rings (SSSR count). The molecule has 3 aromatic rings. The van der Waals surface area contributed by atoms with E-state index < -0.39 is 10.0 Å². The van der Waals surface area contributed by atoms with E-state index in [1.165, 1.54) is 6.07 Å².